The van der Waals surface area contributed by atoms with Crippen LogP contribution < -0.4 is 5.32 Å². The monoisotopic (exact) mass is 233 g/mol. The van der Waals surface area contributed by atoms with Gasteiger partial charge in [-0.25, -0.2) is 0 Å². The number of benzene rings is 1. The first-order valence-electron chi connectivity index (χ1n) is 6.51. The van der Waals surface area contributed by atoms with Gasteiger partial charge in [0.2, 0.25) is 0 Å². The van der Waals surface area contributed by atoms with Crippen molar-refractivity contribution in [2.45, 2.75) is 40.5 Å². The number of anilines is 1. The maximum absolute atomic E-state index is 12.0. The molecule has 1 aromatic rings. The van der Waals surface area contributed by atoms with Crippen LogP contribution in [0.25, 0.3) is 0 Å². The summed E-state index contributed by atoms with van der Waals surface area (Å²) in [6, 6.07) is 6.06. The van der Waals surface area contributed by atoms with Crippen molar-refractivity contribution in [3.05, 3.63) is 29.3 Å². The van der Waals surface area contributed by atoms with E-state index in [-0.39, 0.29) is 11.7 Å². The minimum Gasteiger partial charge on any atom is -0.385 e. The maximum Gasteiger partial charge on any atom is 0.165 e. The van der Waals surface area contributed by atoms with E-state index >= 15 is 0 Å². The number of hydrogen-bond acceptors (Lipinski definition) is 2. The van der Waals surface area contributed by atoms with Gasteiger partial charge >= 0.3 is 0 Å². The van der Waals surface area contributed by atoms with Gasteiger partial charge in [-0.15, -0.1) is 0 Å². The van der Waals surface area contributed by atoms with Crippen molar-refractivity contribution < 1.29 is 4.79 Å². The molecule has 0 spiro atoms. The Bertz CT molecular complexity index is 383. The topological polar surface area (TPSA) is 29.1 Å². The van der Waals surface area contributed by atoms with E-state index in [0.29, 0.717) is 0 Å². The van der Waals surface area contributed by atoms with E-state index in [1.807, 2.05) is 26.0 Å². The minimum atomic E-state index is 0.0646. The Balaban J connectivity index is 2.97. The van der Waals surface area contributed by atoms with Crippen LogP contribution in [0.3, 0.4) is 0 Å². The molecule has 0 bridgehead atoms. The van der Waals surface area contributed by atoms with E-state index in [0.717, 1.165) is 36.2 Å². The number of rotatable bonds is 6. The summed E-state index contributed by atoms with van der Waals surface area (Å²) in [5.41, 5.74) is 3.14. The van der Waals surface area contributed by atoms with Gasteiger partial charge in [0.25, 0.3) is 0 Å². The van der Waals surface area contributed by atoms with Gasteiger partial charge in [0.05, 0.1) is 0 Å². The average Bonchev–Trinajstić information content (AvgIpc) is 2.34. The van der Waals surface area contributed by atoms with Gasteiger partial charge in [-0.3, -0.25) is 4.79 Å². The van der Waals surface area contributed by atoms with Crippen LogP contribution in [0.15, 0.2) is 18.2 Å². The fourth-order valence-corrected chi connectivity index (χ4v) is 1.82. The van der Waals surface area contributed by atoms with Crippen molar-refractivity contribution in [2.75, 3.05) is 11.9 Å². The summed E-state index contributed by atoms with van der Waals surface area (Å²) < 4.78 is 0. The van der Waals surface area contributed by atoms with E-state index in [4.69, 9.17) is 0 Å². The fourth-order valence-electron chi connectivity index (χ4n) is 1.82. The average molecular weight is 233 g/mol. The van der Waals surface area contributed by atoms with Crippen LogP contribution in [-0.4, -0.2) is 12.3 Å². The second-order valence-electron chi connectivity index (χ2n) is 4.67. The predicted molar refractivity (Wildman–Crippen MR) is 73.8 cm³/mol. The largest absolute Gasteiger partial charge is 0.385 e. The highest BCUT2D eigenvalue weighted by Crippen LogP contribution is 2.19. The van der Waals surface area contributed by atoms with Gasteiger partial charge in [0.15, 0.2) is 5.78 Å². The Hall–Kier alpha value is -1.31. The molecule has 1 N–H and O–H groups in total. The Labute approximate surface area is 104 Å². The first kappa shape index (κ1) is 13.8. The smallest absolute Gasteiger partial charge is 0.165 e. The molecule has 1 rings (SSSR count). The van der Waals surface area contributed by atoms with Crippen LogP contribution >= 0.6 is 0 Å². The van der Waals surface area contributed by atoms with Gasteiger partial charge < -0.3 is 5.32 Å². The molecule has 0 atom stereocenters. The lowest BCUT2D eigenvalue weighted by atomic mass is 9.95. The molecule has 0 aliphatic carbocycles. The fraction of sp³-hybridized carbons (Fsp3) is 0.533. The van der Waals surface area contributed by atoms with Crippen molar-refractivity contribution in [2.24, 2.45) is 5.92 Å². The molecule has 0 aliphatic heterocycles. The third-order valence-corrected chi connectivity index (χ3v) is 2.86. The molecule has 2 heteroatoms. The minimum absolute atomic E-state index is 0.0646. The van der Waals surface area contributed by atoms with Crippen LogP contribution in [0, 0.1) is 5.92 Å². The summed E-state index contributed by atoms with van der Waals surface area (Å²) in [5.74, 6) is 0.304. The highest BCUT2D eigenvalue weighted by Gasteiger charge is 2.14. The van der Waals surface area contributed by atoms with Gasteiger partial charge in [-0.1, -0.05) is 27.7 Å². The molecule has 1 aromatic carbocycles. The second-order valence-corrected chi connectivity index (χ2v) is 4.67. The lowest BCUT2D eigenvalue weighted by Crippen LogP contribution is -2.11. The predicted octanol–water partition coefficient (Wildman–Crippen LogP) is 3.91. The van der Waals surface area contributed by atoms with Crippen molar-refractivity contribution in [3.8, 4) is 0 Å². The summed E-state index contributed by atoms with van der Waals surface area (Å²) in [6.45, 7) is 9.11. The van der Waals surface area contributed by atoms with Gasteiger partial charge in [0.1, 0.15) is 0 Å². The van der Waals surface area contributed by atoms with Crippen molar-refractivity contribution in [1.29, 1.82) is 0 Å². The molecule has 17 heavy (non-hydrogen) atoms. The highest BCUT2D eigenvalue weighted by atomic mass is 16.1. The second kappa shape index (κ2) is 6.43. The van der Waals surface area contributed by atoms with Gasteiger partial charge in [-0.2, -0.15) is 0 Å². The van der Waals surface area contributed by atoms with E-state index in [2.05, 4.69) is 25.2 Å². The first-order valence-corrected chi connectivity index (χ1v) is 6.51. The Morgan fingerprint density at radius 3 is 2.53 bits per heavy atom. The Morgan fingerprint density at radius 1 is 1.29 bits per heavy atom. The summed E-state index contributed by atoms with van der Waals surface area (Å²) in [7, 11) is 0. The van der Waals surface area contributed by atoms with Crippen LogP contribution in [0.1, 0.15) is 50.0 Å². The molecule has 0 radical (unpaired) electrons. The maximum atomic E-state index is 12.0. The zero-order valence-corrected chi connectivity index (χ0v) is 11.3. The number of aryl methyl sites for hydroxylation is 1. The standard InChI is InChI=1S/C15H23NO/c1-5-9-16-13-7-8-14(12(6-2)10-13)15(17)11(3)4/h7-8,10-11,16H,5-6,9H2,1-4H3. The summed E-state index contributed by atoms with van der Waals surface area (Å²) in [5, 5.41) is 3.35. The number of ketones is 1. The number of carbonyl (C=O) groups excluding carboxylic acids is 1. The van der Waals surface area contributed by atoms with Crippen molar-refractivity contribution in [1.82, 2.24) is 0 Å². The first-order chi connectivity index (χ1) is 8.10. The zero-order chi connectivity index (χ0) is 12.8. The molecule has 0 aliphatic rings. The molecule has 0 fully saturated rings. The normalized spacial score (nSPS) is 10.6. The lowest BCUT2D eigenvalue weighted by Gasteiger charge is -2.12. The summed E-state index contributed by atoms with van der Waals surface area (Å²) >= 11 is 0. The van der Waals surface area contributed by atoms with Gasteiger partial charge in [0, 0.05) is 23.7 Å². The van der Waals surface area contributed by atoms with Crippen LogP contribution in [0.2, 0.25) is 0 Å². The van der Waals surface area contributed by atoms with Crippen molar-refractivity contribution in [3.63, 3.8) is 0 Å². The Morgan fingerprint density at radius 2 is 2.00 bits per heavy atom. The summed E-state index contributed by atoms with van der Waals surface area (Å²) in [4.78, 5) is 12.0. The summed E-state index contributed by atoms with van der Waals surface area (Å²) in [6.07, 6.45) is 2.00. The van der Waals surface area contributed by atoms with Gasteiger partial charge in [-0.05, 0) is 36.6 Å². The van der Waals surface area contributed by atoms with E-state index < -0.39 is 0 Å². The van der Waals surface area contributed by atoms with Crippen LogP contribution in [0.4, 0.5) is 5.69 Å². The molecule has 0 aromatic heterocycles. The number of Topliss-reactive ketones (excluding diaryl/α,β-unsaturated/α-hetero) is 1. The quantitative estimate of drug-likeness (QED) is 0.755. The molecule has 2 nitrogen and oxygen atoms in total. The number of nitrogens with one attached hydrogen (secondary N) is 1. The molecular weight excluding hydrogens is 210 g/mol. The lowest BCUT2D eigenvalue weighted by molar-refractivity contribution is 0.0938. The van der Waals surface area contributed by atoms with Crippen molar-refractivity contribution >= 4 is 11.5 Å². The molecule has 0 saturated carbocycles. The third kappa shape index (κ3) is 3.58. The zero-order valence-electron chi connectivity index (χ0n) is 11.3. The SMILES string of the molecule is CCCNc1ccc(C(=O)C(C)C)c(CC)c1. The van der Waals surface area contributed by atoms with Crippen LogP contribution in [-0.2, 0) is 6.42 Å². The molecule has 0 unspecified atom stereocenters. The third-order valence-electron chi connectivity index (χ3n) is 2.86. The highest BCUT2D eigenvalue weighted by molar-refractivity contribution is 5.99. The molecule has 0 saturated heterocycles. The van der Waals surface area contributed by atoms with E-state index in [9.17, 15) is 4.79 Å². The van der Waals surface area contributed by atoms with Crippen LogP contribution in [0.5, 0.6) is 0 Å². The molecule has 0 heterocycles. The number of hydrogen-bond donors (Lipinski definition) is 1. The van der Waals surface area contributed by atoms with E-state index in [1.54, 1.807) is 0 Å². The number of carbonyl (C=O) groups is 1. The molecule has 94 valence electrons. The van der Waals surface area contributed by atoms with E-state index in [1.165, 1.54) is 0 Å². The molecule has 0 amide bonds. The Kier molecular flexibility index (Phi) is 5.20. The molecular formula is C15H23NO.